The molecule has 0 radical (unpaired) electrons. The standard InChI is InChI=1S/3C4H7.C3H7O.Sn/c3*1-4(2)3;1-2-3-4;/h3*1-2H2,3H3;2-3H2,1H3;/q;;;-1;+1. The second kappa shape index (κ2) is 8.15. The van der Waals surface area contributed by atoms with Crippen LogP contribution in [-0.4, -0.2) is 25.4 Å². The van der Waals surface area contributed by atoms with E-state index in [4.69, 9.17) is 3.07 Å². The Hall–Kier alpha value is -0.0213. The summed E-state index contributed by atoms with van der Waals surface area (Å²) in [6.07, 6.45) is 1.08. The average molecular weight is 343 g/mol. The van der Waals surface area contributed by atoms with Crippen molar-refractivity contribution in [2.45, 2.75) is 47.4 Å². The van der Waals surface area contributed by atoms with Gasteiger partial charge in [-0.2, -0.15) is 0 Å². The molecule has 0 saturated heterocycles. The van der Waals surface area contributed by atoms with Crippen LogP contribution in [0.1, 0.15) is 34.1 Å². The Kier molecular flexibility index (Phi) is 8.14. The van der Waals surface area contributed by atoms with Crippen molar-refractivity contribution >= 4 is 18.8 Å². The fourth-order valence-electron chi connectivity index (χ4n) is 2.31. The Morgan fingerprint density at radius 1 is 0.882 bits per heavy atom. The minimum absolute atomic E-state index is 0.879. The molecule has 0 rings (SSSR count). The van der Waals surface area contributed by atoms with Crippen molar-refractivity contribution in [1.29, 1.82) is 0 Å². The van der Waals surface area contributed by atoms with Crippen molar-refractivity contribution < 1.29 is 3.07 Å². The van der Waals surface area contributed by atoms with Gasteiger partial charge in [-0.05, 0) is 0 Å². The van der Waals surface area contributed by atoms with Crippen molar-refractivity contribution in [3.63, 3.8) is 0 Å². The normalized spacial score (nSPS) is 11.3. The van der Waals surface area contributed by atoms with Crippen LogP contribution in [0.25, 0.3) is 0 Å². The van der Waals surface area contributed by atoms with E-state index >= 15 is 0 Å². The first-order valence-electron chi connectivity index (χ1n) is 6.38. The first kappa shape index (κ1) is 17.0. The molecule has 1 nitrogen and oxygen atoms in total. The van der Waals surface area contributed by atoms with Gasteiger partial charge >= 0.3 is 112 Å². The van der Waals surface area contributed by atoms with Crippen molar-refractivity contribution in [1.82, 2.24) is 0 Å². The molecule has 0 aliphatic rings. The molecule has 0 saturated carbocycles. The third-order valence-electron chi connectivity index (χ3n) is 2.48. The molecule has 0 atom stereocenters. The van der Waals surface area contributed by atoms with Crippen LogP contribution < -0.4 is 0 Å². The summed E-state index contributed by atoms with van der Waals surface area (Å²) in [7, 11) is 0. The molecule has 0 aromatic carbocycles. The van der Waals surface area contributed by atoms with Crippen LogP contribution >= 0.6 is 0 Å². The zero-order chi connectivity index (χ0) is 13.5. The van der Waals surface area contributed by atoms with Crippen LogP contribution in [-0.2, 0) is 3.07 Å². The zero-order valence-corrected chi connectivity index (χ0v) is 14.9. The summed E-state index contributed by atoms with van der Waals surface area (Å²) < 4.78 is 9.61. The van der Waals surface area contributed by atoms with Gasteiger partial charge in [-0.25, -0.2) is 0 Å². The second-order valence-corrected chi connectivity index (χ2v) is 16.0. The van der Waals surface area contributed by atoms with E-state index in [0.717, 1.165) is 26.3 Å². The number of hydrogen-bond acceptors (Lipinski definition) is 1. The Morgan fingerprint density at radius 2 is 1.24 bits per heavy atom. The predicted octanol–water partition coefficient (Wildman–Crippen LogP) is 5.09. The molecule has 17 heavy (non-hydrogen) atoms. The fraction of sp³-hybridized carbons (Fsp3) is 0.600. The van der Waals surface area contributed by atoms with E-state index in [1.165, 1.54) is 16.7 Å². The van der Waals surface area contributed by atoms with E-state index in [1.807, 2.05) is 0 Å². The van der Waals surface area contributed by atoms with Gasteiger partial charge in [0.2, 0.25) is 0 Å². The molecule has 0 unspecified atom stereocenters. The van der Waals surface area contributed by atoms with Gasteiger partial charge in [0.1, 0.15) is 0 Å². The molecule has 0 heterocycles. The molecule has 0 aromatic heterocycles. The summed E-state index contributed by atoms with van der Waals surface area (Å²) in [4.78, 5) is 0. The third kappa shape index (κ3) is 7.82. The summed E-state index contributed by atoms with van der Waals surface area (Å²) in [5.41, 5.74) is 3.75. The maximum absolute atomic E-state index is 6.34. The topological polar surface area (TPSA) is 9.23 Å². The minimum atomic E-state index is -2.64. The molecule has 0 fully saturated rings. The third-order valence-corrected chi connectivity index (χ3v) is 15.5. The Morgan fingerprint density at radius 3 is 1.47 bits per heavy atom. The Balaban J connectivity index is 4.95. The van der Waals surface area contributed by atoms with Crippen LogP contribution in [0.4, 0.5) is 0 Å². The van der Waals surface area contributed by atoms with Crippen molar-refractivity contribution in [2.75, 3.05) is 6.61 Å². The van der Waals surface area contributed by atoms with E-state index in [1.54, 1.807) is 0 Å². The molecule has 2 heteroatoms. The molecule has 0 aromatic rings. The summed E-state index contributed by atoms with van der Waals surface area (Å²) in [5, 5.41) is 0. The van der Waals surface area contributed by atoms with Crippen LogP contribution in [0, 0.1) is 0 Å². The van der Waals surface area contributed by atoms with E-state index in [2.05, 4.69) is 47.4 Å². The number of allylic oxidation sites excluding steroid dienone is 3. The SMILES string of the molecule is C=C(C)[CH2][Sn]([CH2]C(=C)C)([CH2]C(=C)C)[O]CCC. The molecule has 0 amide bonds. The molecular weight excluding hydrogens is 315 g/mol. The number of rotatable bonds is 9. The number of hydrogen-bond donors (Lipinski definition) is 0. The summed E-state index contributed by atoms with van der Waals surface area (Å²) in [5.74, 6) is 0. The van der Waals surface area contributed by atoms with Gasteiger partial charge < -0.3 is 0 Å². The van der Waals surface area contributed by atoms with Gasteiger partial charge in [0.05, 0.1) is 0 Å². The summed E-state index contributed by atoms with van der Waals surface area (Å²) >= 11 is -2.64. The summed E-state index contributed by atoms with van der Waals surface area (Å²) in [6.45, 7) is 21.6. The van der Waals surface area contributed by atoms with Crippen LogP contribution in [0.3, 0.4) is 0 Å². The Bertz CT molecular complexity index is 251. The molecule has 0 aliphatic carbocycles. The molecule has 0 N–H and O–H groups in total. The molecule has 0 spiro atoms. The van der Waals surface area contributed by atoms with Gasteiger partial charge in [-0.3, -0.25) is 0 Å². The molecule has 98 valence electrons. The van der Waals surface area contributed by atoms with E-state index in [0.29, 0.717) is 0 Å². The summed E-state index contributed by atoms with van der Waals surface area (Å²) in [6, 6.07) is 0. The van der Waals surface area contributed by atoms with Crippen LogP contribution in [0.5, 0.6) is 0 Å². The van der Waals surface area contributed by atoms with Crippen molar-refractivity contribution in [2.24, 2.45) is 0 Å². The fourth-order valence-corrected chi connectivity index (χ4v) is 15.5. The van der Waals surface area contributed by atoms with Crippen LogP contribution in [0.15, 0.2) is 36.5 Å². The maximum atomic E-state index is 6.34. The quantitative estimate of drug-likeness (QED) is 0.419. The Labute approximate surface area is 112 Å². The van der Waals surface area contributed by atoms with Crippen molar-refractivity contribution in [3.05, 3.63) is 36.5 Å². The first-order chi connectivity index (χ1) is 7.81. The van der Waals surface area contributed by atoms with Gasteiger partial charge in [0.15, 0.2) is 0 Å². The predicted molar refractivity (Wildman–Crippen MR) is 80.9 cm³/mol. The van der Waals surface area contributed by atoms with Gasteiger partial charge in [-0.1, -0.05) is 0 Å². The van der Waals surface area contributed by atoms with E-state index < -0.39 is 18.8 Å². The average Bonchev–Trinajstić information content (AvgIpc) is 2.11. The van der Waals surface area contributed by atoms with Gasteiger partial charge in [-0.15, -0.1) is 0 Å². The zero-order valence-electron chi connectivity index (χ0n) is 12.1. The van der Waals surface area contributed by atoms with Crippen LogP contribution in [0.2, 0.25) is 13.3 Å². The van der Waals surface area contributed by atoms with E-state index in [9.17, 15) is 0 Å². The van der Waals surface area contributed by atoms with Gasteiger partial charge in [0.25, 0.3) is 0 Å². The molecular formula is C15H28OSn. The second-order valence-electron chi connectivity index (χ2n) is 5.43. The van der Waals surface area contributed by atoms with Crippen molar-refractivity contribution in [3.8, 4) is 0 Å². The van der Waals surface area contributed by atoms with E-state index in [-0.39, 0.29) is 0 Å². The van der Waals surface area contributed by atoms with Gasteiger partial charge in [0, 0.05) is 0 Å². The monoisotopic (exact) mass is 344 g/mol. The first-order valence-corrected chi connectivity index (χ1v) is 13.6. The molecule has 0 aliphatic heterocycles. The molecule has 0 bridgehead atoms.